The minimum absolute atomic E-state index is 0.566. The first-order chi connectivity index (χ1) is 12.7. The SMILES string of the molecule is COc1cc(-c2nccn2-c2ccc3sccc3c2)cc(OC)c1OC. The van der Waals surface area contributed by atoms with Gasteiger partial charge in [-0.3, -0.25) is 4.57 Å². The van der Waals surface area contributed by atoms with Gasteiger partial charge in [0.05, 0.1) is 21.3 Å². The lowest BCUT2D eigenvalue weighted by Gasteiger charge is -2.15. The molecular weight excluding hydrogens is 348 g/mol. The Balaban J connectivity index is 1.86. The Hall–Kier alpha value is -2.99. The summed E-state index contributed by atoms with van der Waals surface area (Å²) in [6.07, 6.45) is 3.74. The molecule has 132 valence electrons. The molecule has 4 aromatic rings. The van der Waals surface area contributed by atoms with Gasteiger partial charge in [0, 0.05) is 28.3 Å². The van der Waals surface area contributed by atoms with Crippen LogP contribution in [-0.4, -0.2) is 30.9 Å². The van der Waals surface area contributed by atoms with Crippen LogP contribution in [0.2, 0.25) is 0 Å². The van der Waals surface area contributed by atoms with E-state index in [1.54, 1.807) is 38.9 Å². The lowest BCUT2D eigenvalue weighted by Crippen LogP contribution is -1.99. The molecule has 0 saturated heterocycles. The van der Waals surface area contributed by atoms with E-state index in [0.717, 1.165) is 17.1 Å². The van der Waals surface area contributed by atoms with Gasteiger partial charge >= 0.3 is 0 Å². The highest BCUT2D eigenvalue weighted by Gasteiger charge is 2.17. The van der Waals surface area contributed by atoms with Crippen LogP contribution >= 0.6 is 11.3 Å². The summed E-state index contributed by atoms with van der Waals surface area (Å²) in [5.41, 5.74) is 1.94. The van der Waals surface area contributed by atoms with E-state index in [9.17, 15) is 0 Å². The van der Waals surface area contributed by atoms with Crippen molar-refractivity contribution in [3.63, 3.8) is 0 Å². The number of imidazole rings is 1. The molecule has 0 spiro atoms. The van der Waals surface area contributed by atoms with Crippen LogP contribution in [0.15, 0.2) is 54.2 Å². The molecule has 0 amide bonds. The largest absolute Gasteiger partial charge is 0.493 e. The van der Waals surface area contributed by atoms with E-state index in [1.165, 1.54) is 10.1 Å². The van der Waals surface area contributed by atoms with Crippen molar-refractivity contribution in [3.05, 3.63) is 54.2 Å². The Morgan fingerprint density at radius 2 is 1.69 bits per heavy atom. The second-order valence-electron chi connectivity index (χ2n) is 5.68. The molecule has 6 heteroatoms. The quantitative estimate of drug-likeness (QED) is 0.510. The van der Waals surface area contributed by atoms with Crippen LogP contribution in [0.25, 0.3) is 27.2 Å². The number of aromatic nitrogens is 2. The molecule has 0 radical (unpaired) electrons. The maximum absolute atomic E-state index is 5.47. The number of benzene rings is 2. The number of hydrogen-bond acceptors (Lipinski definition) is 5. The summed E-state index contributed by atoms with van der Waals surface area (Å²) in [5, 5.41) is 3.32. The molecule has 4 rings (SSSR count). The standard InChI is InChI=1S/C20H18N2O3S/c1-23-16-11-14(12-17(24-2)19(16)25-3)20-21-7-8-22(20)15-4-5-18-13(10-15)6-9-26-18/h4-12H,1-3H3. The number of methoxy groups -OCH3 is 3. The van der Waals surface area contributed by atoms with Crippen molar-refractivity contribution in [3.8, 4) is 34.3 Å². The van der Waals surface area contributed by atoms with Gasteiger partial charge in [-0.05, 0) is 47.2 Å². The fourth-order valence-corrected chi connectivity index (χ4v) is 3.81. The number of nitrogens with zero attached hydrogens (tertiary/aromatic N) is 2. The molecule has 0 aliphatic rings. The van der Waals surface area contributed by atoms with Crippen molar-refractivity contribution in [2.24, 2.45) is 0 Å². The third kappa shape index (κ3) is 2.68. The van der Waals surface area contributed by atoms with Crippen molar-refractivity contribution < 1.29 is 14.2 Å². The first-order valence-corrected chi connectivity index (χ1v) is 8.94. The number of hydrogen-bond donors (Lipinski definition) is 0. The van der Waals surface area contributed by atoms with Crippen molar-refractivity contribution in [1.29, 1.82) is 0 Å². The highest BCUT2D eigenvalue weighted by molar-refractivity contribution is 7.17. The molecule has 26 heavy (non-hydrogen) atoms. The van der Waals surface area contributed by atoms with E-state index in [0.29, 0.717) is 17.2 Å². The Labute approximate surface area is 155 Å². The smallest absolute Gasteiger partial charge is 0.203 e. The maximum Gasteiger partial charge on any atom is 0.203 e. The van der Waals surface area contributed by atoms with Gasteiger partial charge in [-0.2, -0.15) is 0 Å². The second-order valence-corrected chi connectivity index (χ2v) is 6.63. The van der Waals surface area contributed by atoms with E-state index >= 15 is 0 Å². The van der Waals surface area contributed by atoms with Gasteiger partial charge in [-0.1, -0.05) is 0 Å². The first-order valence-electron chi connectivity index (χ1n) is 8.06. The summed E-state index contributed by atoms with van der Waals surface area (Å²) in [5.74, 6) is 2.57. The van der Waals surface area contributed by atoms with Crippen LogP contribution in [0.4, 0.5) is 0 Å². The molecule has 0 saturated carbocycles. The highest BCUT2D eigenvalue weighted by atomic mass is 32.1. The molecule has 0 N–H and O–H groups in total. The molecule has 0 unspecified atom stereocenters. The molecule has 0 aliphatic heterocycles. The zero-order valence-electron chi connectivity index (χ0n) is 14.7. The van der Waals surface area contributed by atoms with E-state index in [4.69, 9.17) is 14.2 Å². The van der Waals surface area contributed by atoms with Gasteiger partial charge in [0.2, 0.25) is 5.75 Å². The van der Waals surface area contributed by atoms with Gasteiger partial charge in [0.1, 0.15) is 5.82 Å². The van der Waals surface area contributed by atoms with E-state index < -0.39 is 0 Å². The fourth-order valence-electron chi connectivity index (χ4n) is 3.04. The fraction of sp³-hybridized carbons (Fsp3) is 0.150. The third-order valence-corrected chi connectivity index (χ3v) is 5.18. The number of thiophene rings is 1. The normalized spacial score (nSPS) is 10.9. The van der Waals surface area contributed by atoms with Crippen LogP contribution in [0, 0.1) is 0 Å². The zero-order valence-corrected chi connectivity index (χ0v) is 15.5. The monoisotopic (exact) mass is 366 g/mol. The van der Waals surface area contributed by atoms with Crippen molar-refractivity contribution in [2.75, 3.05) is 21.3 Å². The summed E-state index contributed by atoms with van der Waals surface area (Å²) in [6, 6.07) is 12.3. The van der Waals surface area contributed by atoms with Gasteiger partial charge in [0.25, 0.3) is 0 Å². The average Bonchev–Trinajstić information content (AvgIpc) is 3.35. The highest BCUT2D eigenvalue weighted by Crippen LogP contribution is 2.41. The lowest BCUT2D eigenvalue weighted by atomic mass is 10.1. The minimum Gasteiger partial charge on any atom is -0.493 e. The predicted octanol–water partition coefficient (Wildman–Crippen LogP) is 4.78. The molecule has 0 aliphatic carbocycles. The summed E-state index contributed by atoms with van der Waals surface area (Å²) >= 11 is 1.74. The predicted molar refractivity (Wildman–Crippen MR) is 104 cm³/mol. The van der Waals surface area contributed by atoms with E-state index in [1.807, 2.05) is 18.3 Å². The second kappa shape index (κ2) is 6.72. The molecule has 2 aromatic carbocycles. The van der Waals surface area contributed by atoms with Crippen LogP contribution in [0.1, 0.15) is 0 Å². The summed E-state index contributed by atoms with van der Waals surface area (Å²) in [6.45, 7) is 0. The van der Waals surface area contributed by atoms with Gasteiger partial charge < -0.3 is 14.2 Å². The van der Waals surface area contributed by atoms with Crippen molar-refractivity contribution in [1.82, 2.24) is 9.55 Å². The molecule has 2 aromatic heterocycles. The molecule has 2 heterocycles. The Bertz CT molecular complexity index is 1040. The Morgan fingerprint density at radius 3 is 2.38 bits per heavy atom. The number of ether oxygens (including phenoxy) is 3. The third-order valence-electron chi connectivity index (χ3n) is 4.28. The van der Waals surface area contributed by atoms with Crippen LogP contribution in [0.3, 0.4) is 0 Å². The number of fused-ring (bicyclic) bond motifs is 1. The van der Waals surface area contributed by atoms with Gasteiger partial charge in [0.15, 0.2) is 11.5 Å². The van der Waals surface area contributed by atoms with E-state index in [2.05, 4.69) is 39.2 Å². The topological polar surface area (TPSA) is 45.5 Å². The zero-order chi connectivity index (χ0) is 18.1. The first kappa shape index (κ1) is 16.5. The van der Waals surface area contributed by atoms with Crippen molar-refractivity contribution >= 4 is 21.4 Å². The number of rotatable bonds is 5. The van der Waals surface area contributed by atoms with E-state index in [-0.39, 0.29) is 0 Å². The molecule has 0 bridgehead atoms. The summed E-state index contributed by atoms with van der Waals surface area (Å²) < 4.78 is 19.7. The van der Waals surface area contributed by atoms with Gasteiger partial charge in [-0.25, -0.2) is 4.98 Å². The van der Waals surface area contributed by atoms with Crippen molar-refractivity contribution in [2.45, 2.75) is 0 Å². The minimum atomic E-state index is 0.566. The lowest BCUT2D eigenvalue weighted by molar-refractivity contribution is 0.324. The summed E-state index contributed by atoms with van der Waals surface area (Å²) in [7, 11) is 4.81. The van der Waals surface area contributed by atoms with Gasteiger partial charge in [-0.15, -0.1) is 11.3 Å². The summed E-state index contributed by atoms with van der Waals surface area (Å²) in [4.78, 5) is 4.55. The van der Waals surface area contributed by atoms with Crippen LogP contribution in [-0.2, 0) is 0 Å². The molecule has 5 nitrogen and oxygen atoms in total. The average molecular weight is 366 g/mol. The Morgan fingerprint density at radius 1 is 0.923 bits per heavy atom. The van der Waals surface area contributed by atoms with Crippen LogP contribution in [0.5, 0.6) is 17.2 Å². The molecule has 0 atom stereocenters. The van der Waals surface area contributed by atoms with Crippen LogP contribution < -0.4 is 14.2 Å². The molecule has 0 fully saturated rings. The molecular formula is C20H18N2O3S. The Kier molecular flexibility index (Phi) is 4.26. The maximum atomic E-state index is 5.47.